The van der Waals surface area contributed by atoms with Gasteiger partial charge >= 0.3 is 0 Å². The molecule has 0 bridgehead atoms. The fourth-order valence-electron chi connectivity index (χ4n) is 3.46. The molecule has 0 radical (unpaired) electrons. The minimum absolute atomic E-state index is 0.0185. The van der Waals surface area contributed by atoms with Crippen molar-refractivity contribution in [1.29, 1.82) is 0 Å². The van der Waals surface area contributed by atoms with E-state index < -0.39 is 0 Å². The van der Waals surface area contributed by atoms with Crippen LogP contribution in [0.15, 0.2) is 91.4 Å². The molecule has 0 spiro atoms. The summed E-state index contributed by atoms with van der Waals surface area (Å²) >= 11 is 3.06. The van der Waals surface area contributed by atoms with E-state index in [-0.39, 0.29) is 17.3 Å². The quantitative estimate of drug-likeness (QED) is 0.178. The first kappa shape index (κ1) is 30.0. The normalized spacial score (nSPS) is 10.1. The average Bonchev–Trinajstić information content (AvgIpc) is 3.37. The molecule has 0 aliphatic rings. The van der Waals surface area contributed by atoms with E-state index >= 15 is 0 Å². The molecule has 0 saturated carbocycles. The van der Waals surface area contributed by atoms with Crippen LogP contribution in [-0.2, 0) is 0 Å². The van der Waals surface area contributed by atoms with Gasteiger partial charge < -0.3 is 30.1 Å². The number of hydrogen-bond donors (Lipinski definition) is 3. The SMILES string of the molecule is CN(C)c1ccn2cc(-c3ccc(O)cc3)nc2c1.CN(C)c1ccnc(N)c1.O=C(CBr)c1ccc(O)cc1. The number of benzene rings is 2. The fraction of sp³-hybridized carbons (Fsp3) is 0.167. The van der Waals surface area contributed by atoms with Crippen molar-refractivity contribution in [2.45, 2.75) is 0 Å². The highest BCUT2D eigenvalue weighted by Crippen LogP contribution is 2.23. The molecule has 0 aliphatic carbocycles. The van der Waals surface area contributed by atoms with Crippen molar-refractivity contribution in [3.8, 4) is 22.8 Å². The number of hydrogen-bond acceptors (Lipinski definition) is 8. The van der Waals surface area contributed by atoms with Gasteiger partial charge in [-0.1, -0.05) is 15.9 Å². The maximum atomic E-state index is 11.0. The number of aromatic nitrogens is 3. The molecule has 0 atom stereocenters. The highest BCUT2D eigenvalue weighted by atomic mass is 79.9. The Morgan fingerprint density at radius 2 is 1.45 bits per heavy atom. The largest absolute Gasteiger partial charge is 0.508 e. The predicted octanol–water partition coefficient (Wildman–Crippen LogP) is 5.47. The summed E-state index contributed by atoms with van der Waals surface area (Å²) in [4.78, 5) is 23.5. The third-order valence-electron chi connectivity index (χ3n) is 5.71. The third kappa shape index (κ3) is 8.47. The number of nitrogens with two attached hydrogens (primary N) is 1. The lowest BCUT2D eigenvalue weighted by molar-refractivity contribution is 0.102. The first-order valence-electron chi connectivity index (χ1n) is 12.3. The molecular formula is C30H33BrN6O3. The first-order chi connectivity index (χ1) is 19.1. The standard InChI is InChI=1S/C15H15N3O.C8H7BrO2.C7H11N3/c1-17(2)12-7-8-18-10-14(16-15(18)9-12)11-3-5-13(19)6-4-11;9-5-8(11)6-1-3-7(10)4-2-6;1-10(2)6-3-4-9-7(8)5-6/h3-10,19H,1-2H3;1-4,10H,5H2;3-5H,1-2H3,(H2,8,9). The summed E-state index contributed by atoms with van der Waals surface area (Å²) in [6, 6.07) is 21.1. The van der Waals surface area contributed by atoms with Gasteiger partial charge in [0.25, 0.3) is 0 Å². The Balaban J connectivity index is 0.000000180. The van der Waals surface area contributed by atoms with Crippen molar-refractivity contribution in [3.05, 3.63) is 97.0 Å². The summed E-state index contributed by atoms with van der Waals surface area (Å²) in [6.45, 7) is 0. The smallest absolute Gasteiger partial charge is 0.173 e. The molecule has 10 heteroatoms. The summed E-state index contributed by atoms with van der Waals surface area (Å²) in [5.41, 5.74) is 11.1. The van der Waals surface area contributed by atoms with Crippen LogP contribution in [0.25, 0.3) is 16.9 Å². The third-order valence-corrected chi connectivity index (χ3v) is 6.22. The van der Waals surface area contributed by atoms with Crippen LogP contribution < -0.4 is 15.5 Å². The lowest BCUT2D eigenvalue weighted by Gasteiger charge is -2.11. The molecule has 5 aromatic rings. The number of anilines is 3. The molecule has 2 aromatic carbocycles. The van der Waals surface area contributed by atoms with Crippen LogP contribution >= 0.6 is 15.9 Å². The van der Waals surface area contributed by atoms with Gasteiger partial charge in [0.05, 0.1) is 11.0 Å². The van der Waals surface area contributed by atoms with Crippen LogP contribution in [-0.4, -0.2) is 63.9 Å². The van der Waals surface area contributed by atoms with E-state index in [1.165, 1.54) is 12.1 Å². The number of phenols is 2. The molecule has 0 amide bonds. The van der Waals surface area contributed by atoms with Crippen molar-refractivity contribution in [2.75, 3.05) is 49.1 Å². The zero-order valence-corrected chi connectivity index (χ0v) is 24.4. The topological polar surface area (TPSA) is 120 Å². The van der Waals surface area contributed by atoms with E-state index in [2.05, 4.69) is 36.9 Å². The second kappa shape index (κ2) is 14.0. The molecule has 0 fully saturated rings. The van der Waals surface area contributed by atoms with Crippen LogP contribution in [0.3, 0.4) is 0 Å². The van der Waals surface area contributed by atoms with E-state index in [4.69, 9.17) is 10.8 Å². The van der Waals surface area contributed by atoms with Crippen LogP contribution in [0.2, 0.25) is 0 Å². The number of imidazole rings is 1. The van der Waals surface area contributed by atoms with Crippen molar-refractivity contribution in [3.63, 3.8) is 0 Å². The number of nitrogens with zero attached hydrogens (tertiary/aromatic N) is 5. The molecule has 9 nitrogen and oxygen atoms in total. The summed E-state index contributed by atoms with van der Waals surface area (Å²) in [7, 11) is 7.95. The summed E-state index contributed by atoms with van der Waals surface area (Å²) < 4.78 is 2.00. The summed E-state index contributed by atoms with van der Waals surface area (Å²) in [5, 5.41) is 18.5. The second-order valence-corrected chi connectivity index (χ2v) is 9.72. The number of halogens is 1. The maximum Gasteiger partial charge on any atom is 0.173 e. The Labute approximate surface area is 242 Å². The molecule has 208 valence electrons. The highest BCUT2D eigenvalue weighted by Gasteiger charge is 2.06. The molecule has 0 unspecified atom stereocenters. The van der Waals surface area contributed by atoms with E-state index in [9.17, 15) is 9.90 Å². The second-order valence-electron chi connectivity index (χ2n) is 9.15. The van der Waals surface area contributed by atoms with Gasteiger partial charge in [-0.3, -0.25) is 4.79 Å². The zero-order valence-electron chi connectivity index (χ0n) is 22.9. The Morgan fingerprint density at radius 1 is 0.875 bits per heavy atom. The molecule has 0 saturated heterocycles. The molecule has 4 N–H and O–H groups in total. The Hall–Kier alpha value is -4.57. The number of alkyl halides is 1. The number of nitrogen functional groups attached to an aromatic ring is 1. The molecule has 3 heterocycles. The first-order valence-corrected chi connectivity index (χ1v) is 13.4. The van der Waals surface area contributed by atoms with Crippen molar-refractivity contribution < 1.29 is 15.0 Å². The van der Waals surface area contributed by atoms with E-state index in [1.54, 1.807) is 30.5 Å². The Kier molecular flexibility index (Phi) is 10.5. The molecule has 40 heavy (non-hydrogen) atoms. The van der Waals surface area contributed by atoms with Crippen molar-refractivity contribution >= 4 is 44.6 Å². The minimum atomic E-state index is 0.0185. The molecule has 0 aliphatic heterocycles. The van der Waals surface area contributed by atoms with Gasteiger partial charge in [-0.05, 0) is 60.7 Å². The molecule has 3 aromatic heterocycles. The van der Waals surface area contributed by atoms with Gasteiger partial charge in [-0.25, -0.2) is 9.97 Å². The number of aromatic hydroxyl groups is 2. The lowest BCUT2D eigenvalue weighted by atomic mass is 10.1. The zero-order chi connectivity index (χ0) is 29.2. The predicted molar refractivity (Wildman–Crippen MR) is 166 cm³/mol. The van der Waals surface area contributed by atoms with E-state index in [1.807, 2.05) is 80.2 Å². The Bertz CT molecular complexity index is 1530. The summed E-state index contributed by atoms with van der Waals surface area (Å²) in [6.07, 6.45) is 5.69. The van der Waals surface area contributed by atoms with Gasteiger partial charge in [0.2, 0.25) is 0 Å². The van der Waals surface area contributed by atoms with Gasteiger partial charge in [0.1, 0.15) is 23.0 Å². The number of fused-ring (bicyclic) bond motifs is 1. The van der Waals surface area contributed by atoms with Crippen LogP contribution in [0, 0.1) is 0 Å². The number of rotatable bonds is 5. The molecular weight excluding hydrogens is 572 g/mol. The monoisotopic (exact) mass is 604 g/mol. The van der Waals surface area contributed by atoms with Gasteiger partial charge in [-0.15, -0.1) is 0 Å². The average molecular weight is 606 g/mol. The van der Waals surface area contributed by atoms with E-state index in [0.717, 1.165) is 28.3 Å². The number of ketones is 1. The lowest BCUT2D eigenvalue weighted by Crippen LogP contribution is -2.08. The Morgan fingerprint density at radius 3 is 1.98 bits per heavy atom. The van der Waals surface area contributed by atoms with Crippen molar-refractivity contribution in [1.82, 2.24) is 14.4 Å². The number of carbonyl (C=O) groups is 1. The van der Waals surface area contributed by atoms with Gasteiger partial charge in [0.15, 0.2) is 5.78 Å². The highest BCUT2D eigenvalue weighted by molar-refractivity contribution is 9.09. The number of carbonyl (C=O) groups excluding carboxylic acids is 1. The fourth-order valence-corrected chi connectivity index (χ4v) is 3.78. The molecule has 5 rings (SSSR count). The summed E-state index contributed by atoms with van der Waals surface area (Å²) in [5.74, 6) is 1.02. The van der Waals surface area contributed by atoms with E-state index in [0.29, 0.717) is 16.7 Å². The van der Waals surface area contributed by atoms with Crippen LogP contribution in [0.5, 0.6) is 11.5 Å². The number of phenolic OH excluding ortho intramolecular Hbond substituents is 2. The number of Topliss-reactive ketones (excluding diaryl/α,β-unsaturated/α-hetero) is 1. The van der Waals surface area contributed by atoms with Crippen molar-refractivity contribution in [2.24, 2.45) is 0 Å². The van der Waals surface area contributed by atoms with Crippen LogP contribution in [0.1, 0.15) is 10.4 Å². The maximum absolute atomic E-state index is 11.0. The van der Waals surface area contributed by atoms with Crippen LogP contribution in [0.4, 0.5) is 17.2 Å². The van der Waals surface area contributed by atoms with Gasteiger partial charge in [-0.2, -0.15) is 0 Å². The number of pyridine rings is 2. The van der Waals surface area contributed by atoms with Gasteiger partial charge in [0, 0.05) is 81.4 Å². The minimum Gasteiger partial charge on any atom is -0.508 e.